The lowest BCUT2D eigenvalue weighted by molar-refractivity contribution is -0.182. The molecule has 0 radical (unpaired) electrons. The highest BCUT2D eigenvalue weighted by Gasteiger charge is 2.42. The molecule has 0 atom stereocenters. The number of fused-ring (bicyclic) bond motifs is 1. The number of ether oxygens (including phenoxy) is 2. The Morgan fingerprint density at radius 1 is 1.22 bits per heavy atom. The van der Waals surface area contributed by atoms with E-state index in [2.05, 4.69) is 10.3 Å². The van der Waals surface area contributed by atoms with Gasteiger partial charge < -0.3 is 19.7 Å². The van der Waals surface area contributed by atoms with Crippen LogP contribution in [0, 0.1) is 0 Å². The van der Waals surface area contributed by atoms with Gasteiger partial charge in [-0.2, -0.15) is 0 Å². The van der Waals surface area contributed by atoms with Crippen molar-refractivity contribution >= 4 is 22.6 Å². The van der Waals surface area contributed by atoms with Crippen LogP contribution in [0.1, 0.15) is 12.8 Å². The van der Waals surface area contributed by atoms with Crippen molar-refractivity contribution in [3.63, 3.8) is 0 Å². The predicted octanol–water partition coefficient (Wildman–Crippen LogP) is 2.61. The van der Waals surface area contributed by atoms with Crippen LogP contribution in [0.4, 0.5) is 10.5 Å². The van der Waals surface area contributed by atoms with Crippen LogP contribution < -0.4 is 5.32 Å². The summed E-state index contributed by atoms with van der Waals surface area (Å²) in [5.74, 6) is -0.605. The van der Waals surface area contributed by atoms with E-state index < -0.39 is 5.79 Å². The fourth-order valence-electron chi connectivity index (χ4n) is 3.29. The second-order valence-corrected chi connectivity index (χ2v) is 5.94. The van der Waals surface area contributed by atoms with Crippen molar-refractivity contribution in [2.75, 3.05) is 31.6 Å². The first-order chi connectivity index (χ1) is 11.3. The first-order valence-corrected chi connectivity index (χ1v) is 7.93. The SMILES string of the molecule is O=C(Nc1cccc2cccnc12)N1CCCC2(C1)OCCO2. The monoisotopic (exact) mass is 313 g/mol. The quantitative estimate of drug-likeness (QED) is 0.879. The lowest BCUT2D eigenvalue weighted by atomic mass is 10.1. The van der Waals surface area contributed by atoms with Gasteiger partial charge in [-0.05, 0) is 18.6 Å². The van der Waals surface area contributed by atoms with E-state index in [9.17, 15) is 4.79 Å². The van der Waals surface area contributed by atoms with Gasteiger partial charge in [0.1, 0.15) is 0 Å². The molecule has 3 heterocycles. The lowest BCUT2D eigenvalue weighted by Crippen LogP contribution is -2.52. The number of anilines is 1. The van der Waals surface area contributed by atoms with E-state index in [1.807, 2.05) is 30.3 Å². The molecule has 2 amide bonds. The number of amides is 2. The van der Waals surface area contributed by atoms with E-state index in [0.717, 1.165) is 29.4 Å². The third-order valence-corrected chi connectivity index (χ3v) is 4.39. The Bertz CT molecular complexity index is 723. The van der Waals surface area contributed by atoms with Crippen molar-refractivity contribution in [3.8, 4) is 0 Å². The standard InChI is InChI=1S/C17H19N3O3/c21-16(20-9-3-7-17(12-20)22-10-11-23-17)19-14-6-1-4-13-5-2-8-18-15(13)14/h1-2,4-6,8H,3,7,9-12H2,(H,19,21). The Labute approximate surface area is 134 Å². The number of nitrogens with zero attached hydrogens (tertiary/aromatic N) is 2. The third-order valence-electron chi connectivity index (χ3n) is 4.39. The average Bonchev–Trinajstić information content (AvgIpc) is 3.03. The number of likely N-dealkylation sites (tertiary alicyclic amines) is 1. The maximum absolute atomic E-state index is 12.6. The van der Waals surface area contributed by atoms with Crippen LogP contribution >= 0.6 is 0 Å². The zero-order chi connectivity index (χ0) is 15.7. The maximum atomic E-state index is 12.6. The van der Waals surface area contributed by atoms with E-state index in [1.165, 1.54) is 0 Å². The van der Waals surface area contributed by atoms with Gasteiger partial charge in [-0.3, -0.25) is 4.98 Å². The molecule has 120 valence electrons. The number of pyridine rings is 1. The average molecular weight is 313 g/mol. The molecule has 23 heavy (non-hydrogen) atoms. The molecule has 1 N–H and O–H groups in total. The second kappa shape index (κ2) is 5.79. The van der Waals surface area contributed by atoms with Crippen molar-refractivity contribution in [2.24, 2.45) is 0 Å². The number of hydrogen-bond donors (Lipinski definition) is 1. The molecule has 2 fully saturated rings. The van der Waals surface area contributed by atoms with Crippen LogP contribution in [0.25, 0.3) is 10.9 Å². The van der Waals surface area contributed by atoms with E-state index in [-0.39, 0.29) is 6.03 Å². The molecule has 2 aromatic rings. The van der Waals surface area contributed by atoms with Gasteiger partial charge in [-0.1, -0.05) is 18.2 Å². The van der Waals surface area contributed by atoms with Gasteiger partial charge in [0, 0.05) is 24.5 Å². The van der Waals surface area contributed by atoms with Gasteiger partial charge in [-0.25, -0.2) is 4.79 Å². The van der Waals surface area contributed by atoms with Gasteiger partial charge >= 0.3 is 6.03 Å². The highest BCUT2D eigenvalue weighted by molar-refractivity contribution is 5.99. The van der Waals surface area contributed by atoms with Crippen molar-refractivity contribution in [3.05, 3.63) is 36.5 Å². The van der Waals surface area contributed by atoms with Crippen LogP contribution in [-0.2, 0) is 9.47 Å². The van der Waals surface area contributed by atoms with Gasteiger partial charge in [0.2, 0.25) is 0 Å². The number of piperidine rings is 1. The smallest absolute Gasteiger partial charge is 0.322 e. The summed E-state index contributed by atoms with van der Waals surface area (Å²) < 4.78 is 11.5. The summed E-state index contributed by atoms with van der Waals surface area (Å²) in [7, 11) is 0. The van der Waals surface area contributed by atoms with Gasteiger partial charge in [0.05, 0.1) is 31.0 Å². The van der Waals surface area contributed by atoms with E-state index in [4.69, 9.17) is 9.47 Å². The molecule has 4 rings (SSSR count). The van der Waals surface area contributed by atoms with E-state index in [1.54, 1.807) is 11.1 Å². The summed E-state index contributed by atoms with van der Waals surface area (Å²) in [5, 5.41) is 3.98. The molecule has 0 aliphatic carbocycles. The minimum absolute atomic E-state index is 0.138. The highest BCUT2D eigenvalue weighted by atomic mass is 16.7. The van der Waals surface area contributed by atoms with Crippen LogP contribution in [-0.4, -0.2) is 48.0 Å². The van der Waals surface area contributed by atoms with E-state index >= 15 is 0 Å². The van der Waals surface area contributed by atoms with Crippen LogP contribution in [0.3, 0.4) is 0 Å². The number of carbonyl (C=O) groups is 1. The first kappa shape index (κ1) is 14.4. The zero-order valence-corrected chi connectivity index (χ0v) is 12.8. The molecular formula is C17H19N3O3. The summed E-state index contributed by atoms with van der Waals surface area (Å²) >= 11 is 0. The van der Waals surface area contributed by atoms with Gasteiger partial charge in [0.25, 0.3) is 0 Å². The molecule has 1 aromatic carbocycles. The zero-order valence-electron chi connectivity index (χ0n) is 12.8. The Kier molecular flexibility index (Phi) is 3.63. The van der Waals surface area contributed by atoms with Crippen LogP contribution in [0.5, 0.6) is 0 Å². The Morgan fingerprint density at radius 2 is 2.04 bits per heavy atom. The first-order valence-electron chi connectivity index (χ1n) is 7.93. The molecule has 1 spiro atoms. The normalized spacial score (nSPS) is 20.1. The van der Waals surface area contributed by atoms with Crippen molar-refractivity contribution in [1.29, 1.82) is 0 Å². The Hall–Kier alpha value is -2.18. The Balaban J connectivity index is 1.53. The number of para-hydroxylation sites is 1. The molecule has 1 aromatic heterocycles. The summed E-state index contributed by atoms with van der Waals surface area (Å²) in [6.45, 7) is 2.38. The molecule has 2 aliphatic heterocycles. The molecule has 0 unspecified atom stereocenters. The number of rotatable bonds is 1. The lowest BCUT2D eigenvalue weighted by Gasteiger charge is -2.38. The van der Waals surface area contributed by atoms with Crippen LogP contribution in [0.2, 0.25) is 0 Å². The molecule has 2 saturated heterocycles. The third kappa shape index (κ3) is 2.75. The summed E-state index contributed by atoms with van der Waals surface area (Å²) in [5.41, 5.74) is 1.52. The molecule has 6 heteroatoms. The van der Waals surface area contributed by atoms with Crippen molar-refractivity contribution in [2.45, 2.75) is 18.6 Å². The van der Waals surface area contributed by atoms with Crippen molar-refractivity contribution in [1.82, 2.24) is 9.88 Å². The number of nitrogens with one attached hydrogen (secondary N) is 1. The summed E-state index contributed by atoms with van der Waals surface area (Å²) in [4.78, 5) is 18.8. The highest BCUT2D eigenvalue weighted by Crippen LogP contribution is 2.30. The van der Waals surface area contributed by atoms with Crippen LogP contribution in [0.15, 0.2) is 36.5 Å². The van der Waals surface area contributed by atoms with Crippen molar-refractivity contribution < 1.29 is 14.3 Å². The summed E-state index contributed by atoms with van der Waals surface area (Å²) in [6.07, 6.45) is 3.45. The van der Waals surface area contributed by atoms with Gasteiger partial charge in [-0.15, -0.1) is 0 Å². The number of aromatic nitrogens is 1. The fourth-order valence-corrected chi connectivity index (χ4v) is 3.29. The topological polar surface area (TPSA) is 63.7 Å². The molecule has 6 nitrogen and oxygen atoms in total. The Morgan fingerprint density at radius 3 is 2.91 bits per heavy atom. The minimum atomic E-state index is -0.605. The predicted molar refractivity (Wildman–Crippen MR) is 86.2 cm³/mol. The number of carbonyl (C=O) groups excluding carboxylic acids is 1. The van der Waals surface area contributed by atoms with E-state index in [0.29, 0.717) is 26.3 Å². The molecule has 0 bridgehead atoms. The number of benzene rings is 1. The fraction of sp³-hybridized carbons (Fsp3) is 0.412. The summed E-state index contributed by atoms with van der Waals surface area (Å²) in [6, 6.07) is 9.50. The second-order valence-electron chi connectivity index (χ2n) is 5.94. The molecule has 0 saturated carbocycles. The molecule has 2 aliphatic rings. The largest absolute Gasteiger partial charge is 0.346 e. The number of urea groups is 1. The number of hydrogen-bond acceptors (Lipinski definition) is 4. The maximum Gasteiger partial charge on any atom is 0.322 e. The minimum Gasteiger partial charge on any atom is -0.346 e. The van der Waals surface area contributed by atoms with Gasteiger partial charge in [0.15, 0.2) is 5.79 Å². The molecular weight excluding hydrogens is 294 g/mol.